The molecule has 5 nitrogen and oxygen atoms in total. The number of benzene rings is 3. The van der Waals surface area contributed by atoms with Gasteiger partial charge in [-0.3, -0.25) is 9.78 Å². The molecule has 36 heavy (non-hydrogen) atoms. The Hall–Kier alpha value is -3.61. The minimum absolute atomic E-state index is 0.0686. The SMILES string of the molecule is C[C@H](NC(=O)c1ccc(Cn2c(SCc3ccccc3Cl)nc3ccncc32)cc1)c1ccccc1. The van der Waals surface area contributed by atoms with Crippen molar-refractivity contribution in [1.29, 1.82) is 0 Å². The van der Waals surface area contributed by atoms with E-state index in [-0.39, 0.29) is 11.9 Å². The fourth-order valence-electron chi connectivity index (χ4n) is 4.02. The Labute approximate surface area is 219 Å². The van der Waals surface area contributed by atoms with Crippen molar-refractivity contribution in [2.24, 2.45) is 0 Å². The van der Waals surface area contributed by atoms with Crippen molar-refractivity contribution in [1.82, 2.24) is 19.9 Å². The molecular weight excluding hydrogens is 488 g/mol. The number of aromatic nitrogens is 3. The Balaban J connectivity index is 1.33. The van der Waals surface area contributed by atoms with Gasteiger partial charge in [-0.2, -0.15) is 0 Å². The van der Waals surface area contributed by atoms with Crippen LogP contribution in [0.5, 0.6) is 0 Å². The van der Waals surface area contributed by atoms with Crippen LogP contribution in [0.3, 0.4) is 0 Å². The predicted molar refractivity (Wildman–Crippen MR) is 146 cm³/mol. The second kappa shape index (κ2) is 11.0. The van der Waals surface area contributed by atoms with E-state index in [4.69, 9.17) is 16.6 Å². The topological polar surface area (TPSA) is 59.8 Å². The van der Waals surface area contributed by atoms with Gasteiger partial charge in [0.1, 0.15) is 0 Å². The summed E-state index contributed by atoms with van der Waals surface area (Å²) in [6.45, 7) is 2.61. The van der Waals surface area contributed by atoms with Crippen LogP contribution in [0, 0.1) is 0 Å². The molecule has 0 aliphatic rings. The fraction of sp³-hybridized carbons (Fsp3) is 0.138. The van der Waals surface area contributed by atoms with E-state index in [9.17, 15) is 4.79 Å². The van der Waals surface area contributed by atoms with Gasteiger partial charge in [-0.05, 0) is 47.9 Å². The molecule has 1 atom stereocenters. The second-order valence-electron chi connectivity index (χ2n) is 8.53. The zero-order valence-corrected chi connectivity index (χ0v) is 21.3. The fourth-order valence-corrected chi connectivity index (χ4v) is 5.32. The first-order valence-electron chi connectivity index (χ1n) is 11.7. The number of nitrogens with zero attached hydrogens (tertiary/aromatic N) is 3. The highest BCUT2D eigenvalue weighted by molar-refractivity contribution is 7.98. The van der Waals surface area contributed by atoms with Crippen LogP contribution in [0.25, 0.3) is 11.0 Å². The number of amides is 1. The van der Waals surface area contributed by atoms with Crippen molar-refractivity contribution >= 4 is 40.3 Å². The highest BCUT2D eigenvalue weighted by Gasteiger charge is 2.14. The molecule has 5 rings (SSSR count). The molecule has 0 aliphatic heterocycles. The summed E-state index contributed by atoms with van der Waals surface area (Å²) in [5.74, 6) is 0.626. The van der Waals surface area contributed by atoms with Gasteiger partial charge in [0.05, 0.1) is 29.8 Å². The molecule has 0 spiro atoms. The van der Waals surface area contributed by atoms with Gasteiger partial charge in [-0.15, -0.1) is 0 Å². The minimum Gasteiger partial charge on any atom is -0.346 e. The summed E-state index contributed by atoms with van der Waals surface area (Å²) in [4.78, 5) is 21.9. The monoisotopic (exact) mass is 512 g/mol. The van der Waals surface area contributed by atoms with Gasteiger partial charge < -0.3 is 9.88 Å². The van der Waals surface area contributed by atoms with Crippen molar-refractivity contribution in [3.8, 4) is 0 Å². The number of halogens is 1. The van der Waals surface area contributed by atoms with E-state index >= 15 is 0 Å². The van der Waals surface area contributed by atoms with Crippen LogP contribution in [0.4, 0.5) is 0 Å². The molecule has 5 aromatic rings. The minimum atomic E-state index is -0.0915. The molecule has 180 valence electrons. The molecule has 0 aliphatic carbocycles. The van der Waals surface area contributed by atoms with Crippen molar-refractivity contribution in [2.75, 3.05) is 0 Å². The lowest BCUT2D eigenvalue weighted by Crippen LogP contribution is -2.26. The first kappa shape index (κ1) is 24.1. The molecule has 3 aromatic carbocycles. The highest BCUT2D eigenvalue weighted by atomic mass is 35.5. The molecular formula is C29H25ClN4OS. The number of imidazole rings is 1. The van der Waals surface area contributed by atoms with Crippen molar-refractivity contribution in [2.45, 2.75) is 30.4 Å². The van der Waals surface area contributed by atoms with E-state index in [0.29, 0.717) is 12.1 Å². The average molecular weight is 513 g/mol. The Bertz CT molecular complexity index is 1480. The molecule has 0 radical (unpaired) electrons. The van der Waals surface area contributed by atoms with Crippen LogP contribution in [0.2, 0.25) is 5.02 Å². The van der Waals surface area contributed by atoms with Crippen LogP contribution in [0.15, 0.2) is 102 Å². The van der Waals surface area contributed by atoms with Gasteiger partial charge in [0.2, 0.25) is 0 Å². The summed E-state index contributed by atoms with van der Waals surface area (Å²) in [6.07, 6.45) is 3.60. The van der Waals surface area contributed by atoms with Gasteiger partial charge in [-0.25, -0.2) is 4.98 Å². The third kappa shape index (κ3) is 5.45. The molecule has 1 N–H and O–H groups in total. The van der Waals surface area contributed by atoms with Crippen LogP contribution >= 0.6 is 23.4 Å². The van der Waals surface area contributed by atoms with E-state index in [1.165, 1.54) is 0 Å². The molecule has 1 amide bonds. The maximum atomic E-state index is 12.8. The van der Waals surface area contributed by atoms with Crippen LogP contribution < -0.4 is 5.32 Å². The van der Waals surface area contributed by atoms with E-state index in [0.717, 1.165) is 43.7 Å². The smallest absolute Gasteiger partial charge is 0.251 e. The van der Waals surface area contributed by atoms with Crippen molar-refractivity contribution in [3.05, 3.63) is 125 Å². The van der Waals surface area contributed by atoms with Gasteiger partial charge in [-0.1, -0.05) is 84.0 Å². The van der Waals surface area contributed by atoms with Crippen LogP contribution in [0.1, 0.15) is 40.0 Å². The first-order valence-corrected chi connectivity index (χ1v) is 13.1. The molecule has 2 heterocycles. The molecule has 0 saturated carbocycles. The zero-order chi connectivity index (χ0) is 24.9. The Kier molecular flexibility index (Phi) is 7.35. The third-order valence-electron chi connectivity index (χ3n) is 6.03. The Morgan fingerprint density at radius 2 is 1.75 bits per heavy atom. The molecule has 0 bridgehead atoms. The predicted octanol–water partition coefficient (Wildman–Crippen LogP) is 6.92. The van der Waals surface area contributed by atoms with Crippen molar-refractivity contribution in [3.63, 3.8) is 0 Å². The lowest BCUT2D eigenvalue weighted by Gasteiger charge is -2.15. The maximum absolute atomic E-state index is 12.8. The average Bonchev–Trinajstić information content (AvgIpc) is 3.26. The largest absolute Gasteiger partial charge is 0.346 e. The molecule has 0 unspecified atom stereocenters. The summed E-state index contributed by atoms with van der Waals surface area (Å²) in [7, 11) is 0. The summed E-state index contributed by atoms with van der Waals surface area (Å²) in [5, 5.41) is 4.72. The number of nitrogens with one attached hydrogen (secondary N) is 1. The van der Waals surface area contributed by atoms with E-state index in [1.54, 1.807) is 18.0 Å². The first-order chi connectivity index (χ1) is 17.6. The summed E-state index contributed by atoms with van der Waals surface area (Å²) in [6, 6.07) is 27.4. The van der Waals surface area contributed by atoms with E-state index in [1.807, 2.05) is 98.0 Å². The van der Waals surface area contributed by atoms with Crippen molar-refractivity contribution < 1.29 is 4.79 Å². The molecule has 0 fully saturated rings. The van der Waals surface area contributed by atoms with Crippen LogP contribution in [-0.4, -0.2) is 20.4 Å². The molecule has 2 aromatic heterocycles. The second-order valence-corrected chi connectivity index (χ2v) is 9.88. The normalized spacial score (nSPS) is 11.9. The van der Waals surface area contributed by atoms with Gasteiger partial charge >= 0.3 is 0 Å². The lowest BCUT2D eigenvalue weighted by molar-refractivity contribution is 0.0940. The van der Waals surface area contributed by atoms with Gasteiger partial charge in [0.25, 0.3) is 5.91 Å². The number of pyridine rings is 1. The number of hydrogen-bond donors (Lipinski definition) is 1. The standard InChI is InChI=1S/C29H25ClN4OS/c1-20(22-7-3-2-4-8-22)32-28(35)23-13-11-21(12-14-23)18-34-27-17-31-16-15-26(27)33-29(34)36-19-24-9-5-6-10-25(24)30/h2-17,20H,18-19H2,1H3,(H,32,35)/t20-/m0/s1. The van der Waals surface area contributed by atoms with E-state index < -0.39 is 0 Å². The quantitative estimate of drug-likeness (QED) is 0.229. The zero-order valence-electron chi connectivity index (χ0n) is 19.8. The maximum Gasteiger partial charge on any atom is 0.251 e. The highest BCUT2D eigenvalue weighted by Crippen LogP contribution is 2.29. The number of carbonyl (C=O) groups excluding carboxylic acids is 1. The third-order valence-corrected chi connectivity index (χ3v) is 7.43. The Morgan fingerprint density at radius 3 is 2.53 bits per heavy atom. The number of rotatable bonds is 8. The number of carbonyl (C=O) groups is 1. The summed E-state index contributed by atoms with van der Waals surface area (Å²) < 4.78 is 2.16. The summed E-state index contributed by atoms with van der Waals surface area (Å²) >= 11 is 8.01. The molecule has 7 heteroatoms. The summed E-state index contributed by atoms with van der Waals surface area (Å²) in [5.41, 5.74) is 5.72. The number of fused-ring (bicyclic) bond motifs is 1. The molecule has 0 saturated heterocycles. The van der Waals surface area contributed by atoms with Crippen LogP contribution in [-0.2, 0) is 12.3 Å². The lowest BCUT2D eigenvalue weighted by atomic mass is 10.1. The number of thioether (sulfide) groups is 1. The van der Waals surface area contributed by atoms with Gasteiger partial charge in [0, 0.05) is 22.5 Å². The number of hydrogen-bond acceptors (Lipinski definition) is 4. The van der Waals surface area contributed by atoms with Gasteiger partial charge in [0.15, 0.2) is 5.16 Å². The Morgan fingerprint density at radius 1 is 1.00 bits per heavy atom. The van der Waals surface area contributed by atoms with E-state index in [2.05, 4.69) is 14.9 Å².